The molecule has 0 saturated heterocycles. The second-order valence-electron chi connectivity index (χ2n) is 2.69. The molecule has 3 N–H and O–H groups in total. The third-order valence-corrected chi connectivity index (χ3v) is 2.43. The summed E-state index contributed by atoms with van der Waals surface area (Å²) < 4.78 is 0. The van der Waals surface area contributed by atoms with Gasteiger partial charge in [0.05, 0.1) is 18.0 Å². The van der Waals surface area contributed by atoms with Crippen LogP contribution in [0.15, 0.2) is 12.1 Å². The van der Waals surface area contributed by atoms with Gasteiger partial charge in [-0.25, -0.2) is 0 Å². The van der Waals surface area contributed by atoms with Crippen molar-refractivity contribution in [3.8, 4) is 11.8 Å². The Labute approximate surface area is 87.3 Å². The topological polar surface area (TPSA) is 55.1 Å². The molecule has 74 valence electrons. The van der Waals surface area contributed by atoms with Crippen LogP contribution in [-0.4, -0.2) is 19.0 Å². The van der Waals surface area contributed by atoms with Gasteiger partial charge in [-0.1, -0.05) is 11.8 Å². The molecular formula is C10H12N2OS. The molecule has 0 spiro atoms. The molecule has 1 amide bonds. The zero-order chi connectivity index (χ0) is 10.4. The number of rotatable bonds is 2. The summed E-state index contributed by atoms with van der Waals surface area (Å²) in [5, 5.41) is 2.58. The lowest BCUT2D eigenvalue weighted by Crippen LogP contribution is -2.30. The van der Waals surface area contributed by atoms with Gasteiger partial charge in [0, 0.05) is 4.88 Å². The number of carbonyl (C=O) groups is 1. The number of nitrogens with two attached hydrogens (primary N) is 1. The molecule has 0 unspecified atom stereocenters. The van der Waals surface area contributed by atoms with Gasteiger partial charge in [0.2, 0.25) is 5.91 Å². The van der Waals surface area contributed by atoms with Gasteiger partial charge in [-0.3, -0.25) is 4.79 Å². The Kier molecular flexibility index (Phi) is 4.17. The van der Waals surface area contributed by atoms with Gasteiger partial charge < -0.3 is 11.1 Å². The molecule has 1 aromatic rings. The van der Waals surface area contributed by atoms with E-state index in [4.69, 9.17) is 5.73 Å². The Morgan fingerprint density at radius 1 is 1.64 bits per heavy atom. The van der Waals surface area contributed by atoms with Crippen LogP contribution in [0, 0.1) is 18.8 Å². The normalized spacial score (nSPS) is 9.00. The zero-order valence-corrected chi connectivity index (χ0v) is 8.78. The van der Waals surface area contributed by atoms with Crippen LogP contribution in [0.2, 0.25) is 0 Å². The standard InChI is InChI=1S/C10H12N2OS/c1-8-4-5-9(14-8)3-2-6-12-10(13)7-11/h4-5H,6-7,11H2,1H3,(H,12,13). The molecule has 3 nitrogen and oxygen atoms in total. The molecule has 0 fully saturated rings. The number of nitrogens with one attached hydrogen (secondary N) is 1. The van der Waals surface area contributed by atoms with Crippen LogP contribution in [0.1, 0.15) is 9.75 Å². The lowest BCUT2D eigenvalue weighted by atomic mass is 10.4. The van der Waals surface area contributed by atoms with Gasteiger partial charge in [0.25, 0.3) is 0 Å². The van der Waals surface area contributed by atoms with Crippen LogP contribution in [0.3, 0.4) is 0 Å². The summed E-state index contributed by atoms with van der Waals surface area (Å²) in [6.07, 6.45) is 0. The fourth-order valence-electron chi connectivity index (χ4n) is 0.848. The first kappa shape index (κ1) is 10.8. The third-order valence-electron chi connectivity index (χ3n) is 1.51. The highest BCUT2D eigenvalue weighted by Crippen LogP contribution is 2.12. The summed E-state index contributed by atoms with van der Waals surface area (Å²) in [5.41, 5.74) is 5.11. The monoisotopic (exact) mass is 208 g/mol. The summed E-state index contributed by atoms with van der Waals surface area (Å²) in [6, 6.07) is 3.99. The molecule has 0 aliphatic heterocycles. The fourth-order valence-corrected chi connectivity index (χ4v) is 1.59. The highest BCUT2D eigenvalue weighted by Gasteiger charge is 1.92. The fraction of sp³-hybridized carbons (Fsp3) is 0.300. The lowest BCUT2D eigenvalue weighted by Gasteiger charge is -1.94. The van der Waals surface area contributed by atoms with E-state index < -0.39 is 0 Å². The molecule has 0 saturated carbocycles. The van der Waals surface area contributed by atoms with E-state index in [0.717, 1.165) is 4.88 Å². The van der Waals surface area contributed by atoms with E-state index in [1.807, 2.05) is 19.1 Å². The van der Waals surface area contributed by atoms with Gasteiger partial charge >= 0.3 is 0 Å². The van der Waals surface area contributed by atoms with Gasteiger partial charge in [0.15, 0.2) is 0 Å². The number of hydrogen-bond donors (Lipinski definition) is 2. The number of thiophene rings is 1. The highest BCUT2D eigenvalue weighted by molar-refractivity contribution is 7.12. The minimum Gasteiger partial charge on any atom is -0.344 e. The van der Waals surface area contributed by atoms with Crippen molar-refractivity contribution in [2.45, 2.75) is 6.92 Å². The highest BCUT2D eigenvalue weighted by atomic mass is 32.1. The van der Waals surface area contributed by atoms with E-state index in [1.54, 1.807) is 11.3 Å². The number of aryl methyl sites for hydroxylation is 1. The van der Waals surface area contributed by atoms with Crippen LogP contribution in [0.25, 0.3) is 0 Å². The molecule has 0 aromatic carbocycles. The molecule has 0 aliphatic carbocycles. The van der Waals surface area contributed by atoms with Crippen molar-refractivity contribution in [1.29, 1.82) is 0 Å². The summed E-state index contributed by atoms with van der Waals surface area (Å²) in [5.74, 6) is 5.63. The van der Waals surface area contributed by atoms with Gasteiger partial charge in [0.1, 0.15) is 0 Å². The van der Waals surface area contributed by atoms with Crippen LogP contribution in [0.4, 0.5) is 0 Å². The van der Waals surface area contributed by atoms with Crippen LogP contribution in [0.5, 0.6) is 0 Å². The summed E-state index contributed by atoms with van der Waals surface area (Å²) in [4.78, 5) is 13.0. The van der Waals surface area contributed by atoms with E-state index >= 15 is 0 Å². The quantitative estimate of drug-likeness (QED) is 0.695. The maximum atomic E-state index is 10.7. The van der Waals surface area contributed by atoms with E-state index in [9.17, 15) is 4.79 Å². The number of amides is 1. The molecule has 1 heterocycles. The third kappa shape index (κ3) is 3.60. The van der Waals surface area contributed by atoms with E-state index in [-0.39, 0.29) is 12.5 Å². The first-order chi connectivity index (χ1) is 6.72. The van der Waals surface area contributed by atoms with Crippen molar-refractivity contribution < 1.29 is 4.79 Å². The minimum atomic E-state index is -0.179. The molecule has 0 aliphatic rings. The molecule has 14 heavy (non-hydrogen) atoms. The number of carbonyl (C=O) groups excluding carboxylic acids is 1. The Morgan fingerprint density at radius 2 is 2.43 bits per heavy atom. The van der Waals surface area contributed by atoms with Crippen molar-refractivity contribution in [3.05, 3.63) is 21.9 Å². The molecule has 0 bridgehead atoms. The van der Waals surface area contributed by atoms with Crippen LogP contribution < -0.4 is 11.1 Å². The molecule has 1 aromatic heterocycles. The molecule has 1 rings (SSSR count). The van der Waals surface area contributed by atoms with Crippen LogP contribution in [-0.2, 0) is 4.79 Å². The van der Waals surface area contributed by atoms with Crippen LogP contribution >= 0.6 is 11.3 Å². The first-order valence-corrected chi connectivity index (χ1v) is 5.06. The average Bonchev–Trinajstić information content (AvgIpc) is 2.58. The number of hydrogen-bond acceptors (Lipinski definition) is 3. The molecular weight excluding hydrogens is 196 g/mol. The van der Waals surface area contributed by atoms with Gasteiger partial charge in [-0.15, -0.1) is 11.3 Å². The summed E-state index contributed by atoms with van der Waals surface area (Å²) in [7, 11) is 0. The maximum absolute atomic E-state index is 10.7. The Morgan fingerprint density at radius 3 is 3.00 bits per heavy atom. The largest absolute Gasteiger partial charge is 0.344 e. The predicted molar refractivity (Wildman–Crippen MR) is 58.0 cm³/mol. The molecule has 0 radical (unpaired) electrons. The summed E-state index contributed by atoms with van der Waals surface area (Å²) >= 11 is 1.64. The Balaban J connectivity index is 2.38. The molecule has 4 heteroatoms. The van der Waals surface area contributed by atoms with Crippen molar-refractivity contribution in [1.82, 2.24) is 5.32 Å². The van der Waals surface area contributed by atoms with Gasteiger partial charge in [-0.2, -0.15) is 0 Å². The second-order valence-corrected chi connectivity index (χ2v) is 3.98. The SMILES string of the molecule is Cc1ccc(C#CCNC(=O)CN)s1. The van der Waals surface area contributed by atoms with Gasteiger partial charge in [-0.05, 0) is 19.1 Å². The van der Waals surface area contributed by atoms with Crippen molar-refractivity contribution >= 4 is 17.2 Å². The van der Waals surface area contributed by atoms with E-state index in [2.05, 4.69) is 17.2 Å². The lowest BCUT2D eigenvalue weighted by molar-refractivity contribution is -0.119. The van der Waals surface area contributed by atoms with Crippen molar-refractivity contribution in [2.75, 3.05) is 13.1 Å². The first-order valence-electron chi connectivity index (χ1n) is 4.24. The van der Waals surface area contributed by atoms with E-state index in [0.29, 0.717) is 6.54 Å². The molecule has 0 atom stereocenters. The summed E-state index contributed by atoms with van der Waals surface area (Å²) in [6.45, 7) is 2.40. The average molecular weight is 208 g/mol. The predicted octanol–water partition coefficient (Wildman–Crippen LogP) is 0.483. The van der Waals surface area contributed by atoms with Crippen molar-refractivity contribution in [2.24, 2.45) is 5.73 Å². The maximum Gasteiger partial charge on any atom is 0.234 e. The zero-order valence-electron chi connectivity index (χ0n) is 7.96. The Bertz CT molecular complexity index is 373. The minimum absolute atomic E-state index is 0.0137. The van der Waals surface area contributed by atoms with Crippen molar-refractivity contribution in [3.63, 3.8) is 0 Å². The van der Waals surface area contributed by atoms with E-state index in [1.165, 1.54) is 4.88 Å². The second kappa shape index (κ2) is 5.43. The Hall–Kier alpha value is -1.31. The smallest absolute Gasteiger partial charge is 0.234 e.